The Hall–Kier alpha value is -4.01. The molecule has 0 fully saturated rings. The standard InChI is InChI=1S/C26H21ClFN3O4/c27-20-8-5-18(6-9-20)13-14-30-25(33)22-11-10-21(28)15-23(22)31(26(30)34)16-19-3-1-17(2-4-19)7-12-24(32)29-35/h1-12,15,35H,13-14,16H2,(H,29,32)/b12-7+. The molecule has 1 heterocycles. The lowest BCUT2D eigenvalue weighted by Gasteiger charge is -2.15. The smallest absolute Gasteiger partial charge is 0.289 e. The number of benzene rings is 3. The molecule has 0 aliphatic heterocycles. The molecule has 0 aliphatic rings. The summed E-state index contributed by atoms with van der Waals surface area (Å²) >= 11 is 5.93. The van der Waals surface area contributed by atoms with E-state index in [-0.39, 0.29) is 24.0 Å². The maximum atomic E-state index is 14.1. The zero-order chi connectivity index (χ0) is 24.9. The molecule has 0 saturated heterocycles. The van der Waals surface area contributed by atoms with Crippen LogP contribution in [0.4, 0.5) is 4.39 Å². The fourth-order valence-electron chi connectivity index (χ4n) is 3.76. The average molecular weight is 494 g/mol. The van der Waals surface area contributed by atoms with E-state index in [1.54, 1.807) is 36.4 Å². The van der Waals surface area contributed by atoms with Crippen molar-refractivity contribution >= 4 is 34.5 Å². The number of hydrogen-bond donors (Lipinski definition) is 2. The van der Waals surface area contributed by atoms with Crippen LogP contribution in [0.1, 0.15) is 16.7 Å². The molecule has 3 aromatic carbocycles. The molecule has 7 nitrogen and oxygen atoms in total. The number of aryl methyl sites for hydroxylation is 1. The highest BCUT2D eigenvalue weighted by Crippen LogP contribution is 2.15. The van der Waals surface area contributed by atoms with E-state index in [1.165, 1.54) is 45.0 Å². The first-order chi connectivity index (χ1) is 16.9. The number of halogens is 2. The number of fused-ring (bicyclic) bond motifs is 1. The van der Waals surface area contributed by atoms with Gasteiger partial charge in [0.15, 0.2) is 0 Å². The molecule has 1 aromatic heterocycles. The van der Waals surface area contributed by atoms with Gasteiger partial charge in [-0.3, -0.25) is 23.9 Å². The summed E-state index contributed by atoms with van der Waals surface area (Å²) in [4.78, 5) is 37.6. The topological polar surface area (TPSA) is 93.3 Å². The SMILES string of the molecule is O=C(/C=C/c1ccc(Cn2c(=O)n(CCc3ccc(Cl)cc3)c(=O)c3ccc(F)cc32)cc1)NO. The maximum absolute atomic E-state index is 14.1. The van der Waals surface area contributed by atoms with Crippen molar-refractivity contribution in [3.05, 3.63) is 121 Å². The fourth-order valence-corrected chi connectivity index (χ4v) is 3.88. The fraction of sp³-hybridized carbons (Fsp3) is 0.115. The second kappa shape index (κ2) is 10.5. The molecule has 4 aromatic rings. The molecule has 0 bridgehead atoms. The molecule has 0 atom stereocenters. The van der Waals surface area contributed by atoms with Crippen molar-refractivity contribution in [2.45, 2.75) is 19.5 Å². The third kappa shape index (κ3) is 5.56. The second-order valence-electron chi connectivity index (χ2n) is 7.91. The molecule has 35 heavy (non-hydrogen) atoms. The Balaban J connectivity index is 1.70. The normalized spacial score (nSPS) is 11.3. The molecule has 0 spiro atoms. The van der Waals surface area contributed by atoms with Crippen LogP contribution in [0.15, 0.2) is 82.4 Å². The Morgan fingerprint density at radius 1 is 0.971 bits per heavy atom. The highest BCUT2D eigenvalue weighted by atomic mass is 35.5. The largest absolute Gasteiger partial charge is 0.331 e. The lowest BCUT2D eigenvalue weighted by molar-refractivity contribution is -0.124. The summed E-state index contributed by atoms with van der Waals surface area (Å²) < 4.78 is 16.6. The van der Waals surface area contributed by atoms with Crippen molar-refractivity contribution in [3.8, 4) is 0 Å². The molecule has 0 saturated carbocycles. The molecule has 178 valence electrons. The molecule has 0 unspecified atom stereocenters. The van der Waals surface area contributed by atoms with Gasteiger partial charge >= 0.3 is 5.69 Å². The number of hydroxylamine groups is 1. The van der Waals surface area contributed by atoms with Crippen molar-refractivity contribution < 1.29 is 14.4 Å². The van der Waals surface area contributed by atoms with Crippen LogP contribution >= 0.6 is 11.6 Å². The number of nitrogens with one attached hydrogen (secondary N) is 1. The minimum atomic E-state index is -0.657. The quantitative estimate of drug-likeness (QED) is 0.233. The molecule has 0 aliphatic carbocycles. The predicted octanol–water partition coefficient (Wildman–Crippen LogP) is 3.77. The van der Waals surface area contributed by atoms with Gasteiger partial charge in [-0.05, 0) is 59.5 Å². The summed E-state index contributed by atoms with van der Waals surface area (Å²) in [6, 6.07) is 17.9. The number of nitrogens with zero attached hydrogens (tertiary/aromatic N) is 2. The lowest BCUT2D eigenvalue weighted by Crippen LogP contribution is -2.40. The Morgan fingerprint density at radius 2 is 1.66 bits per heavy atom. The third-order valence-electron chi connectivity index (χ3n) is 5.58. The van der Waals surface area contributed by atoms with Crippen LogP contribution < -0.4 is 16.7 Å². The van der Waals surface area contributed by atoms with Crippen LogP contribution in [0.25, 0.3) is 17.0 Å². The van der Waals surface area contributed by atoms with Crippen molar-refractivity contribution in [2.75, 3.05) is 0 Å². The first kappa shape index (κ1) is 24.1. The predicted molar refractivity (Wildman–Crippen MR) is 132 cm³/mol. The Kier molecular flexibility index (Phi) is 7.24. The van der Waals surface area contributed by atoms with Crippen LogP contribution in [0.3, 0.4) is 0 Å². The Bertz CT molecular complexity index is 1520. The number of rotatable bonds is 7. The molecular formula is C26H21ClFN3O4. The summed E-state index contributed by atoms with van der Waals surface area (Å²) in [6.07, 6.45) is 3.14. The van der Waals surface area contributed by atoms with Crippen LogP contribution in [0.2, 0.25) is 5.02 Å². The average Bonchev–Trinajstić information content (AvgIpc) is 2.86. The number of amides is 1. The van der Waals surface area contributed by atoms with E-state index >= 15 is 0 Å². The molecular weight excluding hydrogens is 473 g/mol. The molecule has 9 heteroatoms. The van der Waals surface area contributed by atoms with Gasteiger partial charge in [-0.25, -0.2) is 14.7 Å². The van der Waals surface area contributed by atoms with Gasteiger partial charge in [-0.1, -0.05) is 48.0 Å². The van der Waals surface area contributed by atoms with Crippen molar-refractivity contribution in [1.82, 2.24) is 14.6 Å². The highest BCUT2D eigenvalue weighted by molar-refractivity contribution is 6.30. The first-order valence-electron chi connectivity index (χ1n) is 10.7. The van der Waals surface area contributed by atoms with Gasteiger partial charge in [0.25, 0.3) is 11.5 Å². The summed E-state index contributed by atoms with van der Waals surface area (Å²) in [5.41, 5.74) is 3.08. The summed E-state index contributed by atoms with van der Waals surface area (Å²) in [6.45, 7) is 0.268. The molecule has 2 N–H and O–H groups in total. The van der Waals surface area contributed by atoms with Crippen LogP contribution in [0.5, 0.6) is 0 Å². The van der Waals surface area contributed by atoms with Gasteiger partial charge in [0.05, 0.1) is 17.4 Å². The molecule has 4 rings (SSSR count). The number of carbonyl (C=O) groups excluding carboxylic acids is 1. The van der Waals surface area contributed by atoms with E-state index in [0.717, 1.165) is 11.1 Å². The van der Waals surface area contributed by atoms with E-state index in [1.807, 2.05) is 12.1 Å². The van der Waals surface area contributed by atoms with E-state index in [4.69, 9.17) is 16.8 Å². The van der Waals surface area contributed by atoms with Gasteiger partial charge in [-0.15, -0.1) is 0 Å². The number of aromatic nitrogens is 2. The molecule has 0 radical (unpaired) electrons. The highest BCUT2D eigenvalue weighted by Gasteiger charge is 2.14. The van der Waals surface area contributed by atoms with Gasteiger partial charge in [0, 0.05) is 17.6 Å². The van der Waals surface area contributed by atoms with E-state index in [2.05, 4.69) is 0 Å². The van der Waals surface area contributed by atoms with Gasteiger partial charge in [0.2, 0.25) is 0 Å². The van der Waals surface area contributed by atoms with Crippen molar-refractivity contribution in [1.29, 1.82) is 0 Å². The minimum absolute atomic E-state index is 0.112. The van der Waals surface area contributed by atoms with E-state index < -0.39 is 23.0 Å². The van der Waals surface area contributed by atoms with E-state index in [9.17, 15) is 18.8 Å². The van der Waals surface area contributed by atoms with E-state index in [0.29, 0.717) is 17.0 Å². The molecule has 1 amide bonds. The Labute approximate surface area is 204 Å². The number of carbonyl (C=O) groups is 1. The monoisotopic (exact) mass is 493 g/mol. The summed E-state index contributed by atoms with van der Waals surface area (Å²) in [7, 11) is 0. The lowest BCUT2D eigenvalue weighted by atomic mass is 10.1. The van der Waals surface area contributed by atoms with Gasteiger partial charge < -0.3 is 0 Å². The van der Waals surface area contributed by atoms with Crippen LogP contribution in [-0.2, 0) is 24.3 Å². The number of hydrogen-bond acceptors (Lipinski definition) is 4. The summed E-state index contributed by atoms with van der Waals surface area (Å²) in [5, 5.41) is 9.41. The maximum Gasteiger partial charge on any atom is 0.331 e. The third-order valence-corrected chi connectivity index (χ3v) is 5.84. The van der Waals surface area contributed by atoms with Crippen molar-refractivity contribution in [2.24, 2.45) is 0 Å². The summed E-state index contributed by atoms with van der Waals surface area (Å²) in [5.74, 6) is -1.21. The first-order valence-corrected chi connectivity index (χ1v) is 11.1. The van der Waals surface area contributed by atoms with Gasteiger partial charge in [0.1, 0.15) is 5.82 Å². The van der Waals surface area contributed by atoms with Gasteiger partial charge in [-0.2, -0.15) is 0 Å². The van der Waals surface area contributed by atoms with Crippen LogP contribution in [-0.4, -0.2) is 20.2 Å². The van der Waals surface area contributed by atoms with Crippen LogP contribution in [0, 0.1) is 5.82 Å². The van der Waals surface area contributed by atoms with Crippen molar-refractivity contribution in [3.63, 3.8) is 0 Å². The zero-order valence-electron chi connectivity index (χ0n) is 18.4. The zero-order valence-corrected chi connectivity index (χ0v) is 19.2. The second-order valence-corrected chi connectivity index (χ2v) is 8.35. The Morgan fingerprint density at radius 3 is 2.34 bits per heavy atom. The minimum Gasteiger partial charge on any atom is -0.289 e.